The van der Waals surface area contributed by atoms with Crippen molar-refractivity contribution in [1.82, 2.24) is 4.84 Å². The van der Waals surface area contributed by atoms with E-state index in [0.29, 0.717) is 6.41 Å². The van der Waals surface area contributed by atoms with Gasteiger partial charge in [-0.2, -0.15) is 0 Å². The van der Waals surface area contributed by atoms with Crippen molar-refractivity contribution in [2.45, 2.75) is 0 Å². The smallest absolute Gasteiger partial charge is 0.221 e. The lowest BCUT2D eigenvalue weighted by molar-refractivity contribution is -0.108. The summed E-state index contributed by atoms with van der Waals surface area (Å²) >= 11 is 3.48. The Morgan fingerprint density at radius 1 is 1.57 bits per heavy atom. The van der Waals surface area contributed by atoms with E-state index in [-0.39, 0.29) is 0 Å². The molecule has 0 bridgehead atoms. The Hall–Kier alpha value is -0.290. The summed E-state index contributed by atoms with van der Waals surface area (Å²) in [5.74, 6) is 0. The average Bonchev–Trinajstić information content (AvgIpc) is 1.69. The summed E-state index contributed by atoms with van der Waals surface area (Å²) in [5, 5.41) is 0. The number of rotatable bonds is 1. The molecule has 0 unspecified atom stereocenters. The fourth-order valence-corrected chi connectivity index (χ4v) is 0. The Balaban J connectivity index is 0. The van der Waals surface area contributed by atoms with E-state index in [1.54, 1.807) is 4.84 Å². The number of hydrogen-bond donors (Lipinski definition) is 1. The van der Waals surface area contributed by atoms with Crippen molar-refractivity contribution in [3.05, 3.63) is 0 Å². The van der Waals surface area contributed by atoms with Gasteiger partial charge in [0.15, 0.2) is 0 Å². The third-order valence-corrected chi connectivity index (χ3v) is 0.134. The van der Waals surface area contributed by atoms with Gasteiger partial charge < -0.3 is 8.42 Å². The lowest BCUT2D eigenvalue weighted by Gasteiger charge is -1.59. The van der Waals surface area contributed by atoms with Crippen molar-refractivity contribution in [3.8, 4) is 0 Å². The normalized spacial score (nSPS) is 5.29. The predicted octanol–water partition coefficient (Wildman–Crippen LogP) is -0.622. The molecule has 4 nitrogen and oxygen atoms in total. The van der Waals surface area contributed by atoms with E-state index in [9.17, 15) is 0 Å². The molecule has 0 atom stereocenters. The lowest BCUT2D eigenvalue weighted by atomic mass is 11.5. The minimum absolute atomic E-state index is 0.390. The number of halogens is 1. The number of nitrogens with one attached hydrogen (secondary N) is 1. The zero-order valence-corrected chi connectivity index (χ0v) is 4.78. The van der Waals surface area contributed by atoms with E-state index >= 15 is 0 Å². The molecule has 0 aromatic heterocycles. The van der Waals surface area contributed by atoms with E-state index in [1.165, 1.54) is 0 Å². The van der Waals surface area contributed by atoms with Gasteiger partial charge >= 0.3 is 0 Å². The highest BCUT2D eigenvalue weighted by Crippen LogP contribution is 1.41. The molecule has 0 saturated carbocycles. The van der Waals surface area contributed by atoms with E-state index < -0.39 is 11.6 Å². The third-order valence-electron chi connectivity index (χ3n) is 0.0445. The Morgan fingerprint density at radius 2 is 1.71 bits per heavy atom. The van der Waals surface area contributed by atoms with Crippen LogP contribution in [0.4, 0.5) is 0 Å². The predicted molar refractivity (Wildman–Crippen MR) is 25.2 cm³/mol. The van der Waals surface area contributed by atoms with Crippen LogP contribution in [0.1, 0.15) is 0 Å². The van der Waals surface area contributed by atoms with Crippen LogP contribution in [0.15, 0.2) is 0 Å². The first kappa shape index (κ1) is 9.86. The maximum absolute atomic E-state index is 8.93. The van der Waals surface area contributed by atoms with E-state index in [4.69, 9.17) is 13.2 Å². The molecule has 0 aromatic rings. The highest BCUT2D eigenvalue weighted by molar-refractivity contribution is 7.51. The standard InChI is InChI=1S/CH2ClNO.HO2S/c2-3-1-4;1-3-2/h1H,(H,3,4);3H/q;-1. The molecule has 0 rings (SSSR count). The first-order valence-corrected chi connectivity index (χ1v) is 2.19. The monoisotopic (exact) mass is 144 g/mol. The van der Waals surface area contributed by atoms with Crippen LogP contribution in [0.3, 0.4) is 0 Å². The van der Waals surface area contributed by atoms with Gasteiger partial charge in [-0.15, -0.1) is 0 Å². The zero-order valence-electron chi connectivity index (χ0n) is 3.13. The van der Waals surface area contributed by atoms with Crippen LogP contribution in [-0.4, -0.2) is 6.41 Å². The van der Waals surface area contributed by atoms with Crippen LogP contribution >= 0.6 is 11.8 Å². The van der Waals surface area contributed by atoms with Crippen molar-refractivity contribution in [2.75, 3.05) is 0 Å². The van der Waals surface area contributed by atoms with Gasteiger partial charge in [-0.05, 0) is 0 Å². The molecular formula is CH3ClNO3S-. The van der Waals surface area contributed by atoms with Gasteiger partial charge in [-0.25, -0.2) is 0 Å². The number of hydrogen-bond acceptors (Lipinski definition) is 4. The molecule has 0 radical (unpaired) electrons. The van der Waals surface area contributed by atoms with Gasteiger partial charge in [0.1, 0.15) is 0 Å². The molecule has 0 aliphatic rings. The average molecular weight is 145 g/mol. The van der Waals surface area contributed by atoms with Gasteiger partial charge in [0.2, 0.25) is 6.41 Å². The summed E-state index contributed by atoms with van der Waals surface area (Å²) in [6, 6.07) is 0. The quantitative estimate of drug-likeness (QED) is 0.231. The summed E-state index contributed by atoms with van der Waals surface area (Å²) in [6.45, 7) is 0. The molecule has 0 heterocycles. The highest BCUT2D eigenvalue weighted by Gasteiger charge is 1.47. The topological polar surface area (TPSA) is 63.2 Å². The fourth-order valence-electron chi connectivity index (χ4n) is 0. The molecule has 0 aromatic carbocycles. The SMILES string of the molecule is O=CNCl.O=[SH-]=O. The summed E-state index contributed by atoms with van der Waals surface area (Å²) in [7, 11) is 0. The molecule has 0 spiro atoms. The first-order chi connectivity index (χ1) is 3.33. The Bertz CT molecular complexity index is 69.3. The van der Waals surface area contributed by atoms with Gasteiger partial charge in [-0.3, -0.25) is 9.63 Å². The molecule has 1 N–H and O–H groups in total. The van der Waals surface area contributed by atoms with Crippen LogP contribution in [0.25, 0.3) is 0 Å². The van der Waals surface area contributed by atoms with Gasteiger partial charge in [-0.1, -0.05) is 11.6 Å². The van der Waals surface area contributed by atoms with E-state index in [2.05, 4.69) is 11.8 Å². The Kier molecular flexibility index (Phi) is 24.3. The van der Waals surface area contributed by atoms with Gasteiger partial charge in [0, 0.05) is 11.8 Å². The van der Waals surface area contributed by atoms with Crippen LogP contribution in [0.2, 0.25) is 0 Å². The second-order valence-corrected chi connectivity index (χ2v) is 0.669. The zero-order chi connectivity index (χ0) is 6.12. The first-order valence-electron chi connectivity index (χ1n) is 1.08. The summed E-state index contributed by atoms with van der Waals surface area (Å²) in [6.07, 6.45) is 0.390. The molecule has 0 aliphatic carbocycles. The van der Waals surface area contributed by atoms with Crippen molar-refractivity contribution >= 4 is 29.8 Å². The molecule has 7 heavy (non-hydrogen) atoms. The second-order valence-electron chi connectivity index (χ2n) is 0.301. The maximum atomic E-state index is 8.93. The van der Waals surface area contributed by atoms with Crippen LogP contribution < -0.4 is 4.84 Å². The van der Waals surface area contributed by atoms with Crippen LogP contribution in [-0.2, 0) is 24.8 Å². The second kappa shape index (κ2) is 17.2. The fraction of sp³-hybridized carbons (Fsp3) is 0. The largest absolute Gasteiger partial charge is 0.427 e. The van der Waals surface area contributed by atoms with Crippen molar-refractivity contribution in [1.29, 1.82) is 0 Å². The molecule has 0 fully saturated rings. The number of thiol groups is 1. The van der Waals surface area contributed by atoms with Crippen molar-refractivity contribution < 1.29 is 13.2 Å². The highest BCUT2D eigenvalue weighted by atomic mass is 35.5. The number of carbonyl (C=O) groups excluding carboxylic acids is 1. The minimum atomic E-state index is -1.08. The summed E-state index contributed by atoms with van der Waals surface area (Å²) in [5.41, 5.74) is 0. The van der Waals surface area contributed by atoms with Crippen LogP contribution in [0, 0.1) is 0 Å². The lowest BCUT2D eigenvalue weighted by Crippen LogP contribution is -1.87. The van der Waals surface area contributed by atoms with Gasteiger partial charge in [0.05, 0.1) is 0 Å². The van der Waals surface area contributed by atoms with Gasteiger partial charge in [0.25, 0.3) is 0 Å². The third kappa shape index (κ3) is 156. The number of amides is 1. The molecular weight excluding hydrogens is 142 g/mol. The van der Waals surface area contributed by atoms with E-state index in [1.807, 2.05) is 0 Å². The Labute approximate surface area is 48.6 Å². The van der Waals surface area contributed by atoms with E-state index in [0.717, 1.165) is 0 Å². The molecule has 0 saturated heterocycles. The summed E-state index contributed by atoms with van der Waals surface area (Å²) < 4.78 is 16.7. The van der Waals surface area contributed by atoms with Crippen LogP contribution in [0.5, 0.6) is 0 Å². The minimum Gasteiger partial charge on any atom is -0.427 e. The maximum Gasteiger partial charge on any atom is 0.221 e. The molecule has 0 aliphatic heterocycles. The van der Waals surface area contributed by atoms with Crippen molar-refractivity contribution in [2.24, 2.45) is 0 Å². The molecule has 6 heteroatoms. The summed E-state index contributed by atoms with van der Waals surface area (Å²) in [4.78, 5) is 10.7. The van der Waals surface area contributed by atoms with Crippen molar-refractivity contribution in [3.63, 3.8) is 0 Å². The molecule has 44 valence electrons. The molecule has 1 amide bonds. The number of carbonyl (C=O) groups is 1. The Morgan fingerprint density at radius 3 is 1.71 bits per heavy atom.